The van der Waals surface area contributed by atoms with E-state index in [4.69, 9.17) is 11.8 Å². The zero-order valence-corrected chi connectivity index (χ0v) is 14.0. The quantitative estimate of drug-likeness (QED) is 0.845. The van der Waals surface area contributed by atoms with Gasteiger partial charge in [0.1, 0.15) is 0 Å². The lowest BCUT2D eigenvalue weighted by Gasteiger charge is -2.36. The van der Waals surface area contributed by atoms with Gasteiger partial charge in [0.2, 0.25) is 0 Å². The zero-order valence-electron chi connectivity index (χ0n) is 12.3. The van der Waals surface area contributed by atoms with Crippen LogP contribution in [-0.4, -0.2) is 5.16 Å². The molecule has 0 saturated heterocycles. The van der Waals surface area contributed by atoms with Crippen LogP contribution in [0.15, 0.2) is 60.7 Å². The molecule has 106 valence electrons. The van der Waals surface area contributed by atoms with Crippen LogP contribution in [0.2, 0.25) is 0 Å². The molecule has 0 radical (unpaired) electrons. The van der Waals surface area contributed by atoms with Crippen molar-refractivity contribution in [3.8, 4) is 0 Å². The third-order valence-corrected chi connectivity index (χ3v) is 9.59. The zero-order chi connectivity index (χ0) is 14.6. The molecule has 0 aliphatic carbocycles. The van der Waals surface area contributed by atoms with E-state index in [1.807, 2.05) is 12.1 Å². The lowest BCUT2D eigenvalue weighted by molar-refractivity contribution is 0.764. The molecule has 2 aromatic rings. The Morgan fingerprint density at radius 1 is 0.900 bits per heavy atom. The van der Waals surface area contributed by atoms with Crippen LogP contribution < -0.4 is 10.4 Å². The summed E-state index contributed by atoms with van der Waals surface area (Å²) >= 11 is 6.10. The lowest BCUT2D eigenvalue weighted by Crippen LogP contribution is -2.32. The van der Waals surface area contributed by atoms with Gasteiger partial charge in [0.15, 0.2) is 0 Å². The first-order valence-corrected chi connectivity index (χ1v) is 9.68. The number of rotatable bonds is 4. The van der Waals surface area contributed by atoms with Crippen molar-refractivity contribution in [2.75, 3.05) is 0 Å². The summed E-state index contributed by atoms with van der Waals surface area (Å²) in [4.78, 5) is 0. The van der Waals surface area contributed by atoms with Crippen LogP contribution in [0.5, 0.6) is 0 Å². The van der Waals surface area contributed by atoms with Gasteiger partial charge < -0.3 is 0 Å². The summed E-state index contributed by atoms with van der Waals surface area (Å²) < 4.78 is 0. The predicted octanol–water partition coefficient (Wildman–Crippen LogP) is 4.29. The maximum Gasteiger partial charge on any atom is 0.0458 e. The molecule has 1 atom stereocenters. The largest absolute Gasteiger partial charge is 0.280 e. The molecule has 0 aromatic heterocycles. The first-order valence-electron chi connectivity index (χ1n) is 6.88. The van der Waals surface area contributed by atoms with Crippen molar-refractivity contribution in [2.45, 2.75) is 32.5 Å². The van der Waals surface area contributed by atoms with Gasteiger partial charge in [-0.05, 0) is 10.9 Å². The van der Waals surface area contributed by atoms with Gasteiger partial charge in [0.25, 0.3) is 0 Å². The second kappa shape index (κ2) is 6.22. The minimum atomic E-state index is -1.84. The number of benzene rings is 2. The summed E-state index contributed by atoms with van der Waals surface area (Å²) in [6.45, 7) is 7.53. The minimum Gasteiger partial charge on any atom is -0.280 e. The minimum absolute atomic E-state index is 0.0540. The van der Waals surface area contributed by atoms with Crippen molar-refractivity contribution < 1.29 is 0 Å². The molecule has 20 heavy (non-hydrogen) atoms. The van der Waals surface area contributed by atoms with Crippen molar-refractivity contribution >= 4 is 23.3 Å². The van der Waals surface area contributed by atoms with Gasteiger partial charge in [-0.1, -0.05) is 93.2 Å². The average Bonchev–Trinajstić information content (AvgIpc) is 2.45. The van der Waals surface area contributed by atoms with Crippen LogP contribution in [0, 0.1) is 0 Å². The molecule has 0 saturated carbocycles. The smallest absolute Gasteiger partial charge is 0.0458 e. The van der Waals surface area contributed by atoms with Gasteiger partial charge in [-0.15, -0.1) is 0 Å². The molecule has 0 bridgehead atoms. The molecule has 3 heteroatoms. The Hall–Kier alpha value is -0.950. The van der Waals surface area contributed by atoms with Crippen LogP contribution in [-0.2, 0) is 18.4 Å². The topological polar surface area (TPSA) is 12.0 Å². The molecular weight excluding hydrogens is 281 g/mol. The Bertz CT molecular complexity index is 587. The fourth-order valence-electron chi connectivity index (χ4n) is 2.15. The Labute approximate surface area is 127 Å². The van der Waals surface area contributed by atoms with E-state index in [0.29, 0.717) is 0 Å². The molecule has 0 fully saturated rings. The van der Waals surface area contributed by atoms with Crippen molar-refractivity contribution in [2.24, 2.45) is 0 Å². The van der Waals surface area contributed by atoms with Gasteiger partial charge in [0.05, 0.1) is 0 Å². The summed E-state index contributed by atoms with van der Waals surface area (Å²) in [5.41, 5.74) is 1.28. The molecule has 0 aliphatic rings. The van der Waals surface area contributed by atoms with E-state index in [1.165, 1.54) is 10.9 Å². The van der Waals surface area contributed by atoms with Crippen molar-refractivity contribution in [3.63, 3.8) is 0 Å². The molecule has 1 N–H and O–H groups in total. The molecule has 0 amide bonds. The van der Waals surface area contributed by atoms with Crippen LogP contribution in [0.1, 0.15) is 26.3 Å². The highest BCUT2D eigenvalue weighted by atomic mass is 32.4. The molecule has 1 nitrogen and oxygen atoms in total. The molecule has 2 aromatic carbocycles. The van der Waals surface area contributed by atoms with E-state index in [-0.39, 0.29) is 5.16 Å². The summed E-state index contributed by atoms with van der Waals surface area (Å²) in [6.07, 6.45) is -1.84. The second-order valence-corrected chi connectivity index (χ2v) is 11.0. The standard InChI is InChI=1S/C17H22NPS/c1-17(2,3)19(20,16-12-8-5-9-13-16)18-14-15-10-6-4-7-11-15/h4-13H,14H2,1-3H3,(H,18,20)/t19-/m0/s1. The number of nitrogens with one attached hydrogen (secondary N) is 1. The number of hydrogen-bond acceptors (Lipinski definition) is 1. The normalized spacial score (nSPS) is 14.8. The van der Waals surface area contributed by atoms with E-state index in [0.717, 1.165) is 6.54 Å². The molecular formula is C17H22NPS. The first-order chi connectivity index (χ1) is 9.43. The summed E-state index contributed by atoms with van der Waals surface area (Å²) in [6, 6.07) is 21.0. The molecule has 0 heterocycles. The van der Waals surface area contributed by atoms with E-state index in [2.05, 4.69) is 74.4 Å². The van der Waals surface area contributed by atoms with E-state index >= 15 is 0 Å². The van der Waals surface area contributed by atoms with E-state index in [9.17, 15) is 0 Å². The summed E-state index contributed by atoms with van der Waals surface area (Å²) in [5, 5.41) is 5.01. The fraction of sp³-hybridized carbons (Fsp3) is 0.294. The first kappa shape index (κ1) is 15.4. The van der Waals surface area contributed by atoms with Crippen LogP contribution in [0.4, 0.5) is 0 Å². The highest BCUT2D eigenvalue weighted by Gasteiger charge is 2.32. The van der Waals surface area contributed by atoms with Gasteiger partial charge in [-0.2, -0.15) is 0 Å². The van der Waals surface area contributed by atoms with Crippen LogP contribution in [0.25, 0.3) is 0 Å². The molecule has 2 rings (SSSR count). The van der Waals surface area contributed by atoms with Gasteiger partial charge in [-0.3, -0.25) is 5.09 Å². The van der Waals surface area contributed by atoms with Crippen LogP contribution >= 0.6 is 6.19 Å². The molecule has 0 aliphatic heterocycles. The van der Waals surface area contributed by atoms with Gasteiger partial charge >= 0.3 is 0 Å². The van der Waals surface area contributed by atoms with Crippen molar-refractivity contribution in [1.82, 2.24) is 5.09 Å². The second-order valence-electron chi connectivity index (χ2n) is 5.94. The highest BCUT2D eigenvalue weighted by Crippen LogP contribution is 2.53. The van der Waals surface area contributed by atoms with Gasteiger partial charge in [-0.25, -0.2) is 0 Å². The Morgan fingerprint density at radius 2 is 1.40 bits per heavy atom. The van der Waals surface area contributed by atoms with Crippen molar-refractivity contribution in [3.05, 3.63) is 66.2 Å². The lowest BCUT2D eigenvalue weighted by atomic mass is 10.2. The maximum absolute atomic E-state index is 6.10. The SMILES string of the molecule is CC(C)(C)[P@](=S)(NCc1ccccc1)c1ccccc1. The molecule has 0 unspecified atom stereocenters. The monoisotopic (exact) mass is 303 g/mol. The highest BCUT2D eigenvalue weighted by molar-refractivity contribution is 8.18. The third-order valence-electron chi connectivity index (χ3n) is 3.41. The third kappa shape index (κ3) is 3.38. The Balaban J connectivity index is 2.28. The van der Waals surface area contributed by atoms with E-state index < -0.39 is 6.19 Å². The van der Waals surface area contributed by atoms with Gasteiger partial charge in [0, 0.05) is 17.9 Å². The Kier molecular flexibility index (Phi) is 4.80. The Morgan fingerprint density at radius 3 is 1.90 bits per heavy atom. The predicted molar refractivity (Wildman–Crippen MR) is 93.4 cm³/mol. The fourth-order valence-corrected chi connectivity index (χ4v) is 5.14. The van der Waals surface area contributed by atoms with E-state index in [1.54, 1.807) is 0 Å². The average molecular weight is 303 g/mol. The van der Waals surface area contributed by atoms with Crippen LogP contribution in [0.3, 0.4) is 0 Å². The summed E-state index contributed by atoms with van der Waals surface area (Å²) in [5.74, 6) is 0. The maximum atomic E-state index is 6.10. The number of hydrogen-bond donors (Lipinski definition) is 1. The van der Waals surface area contributed by atoms with Crippen molar-refractivity contribution in [1.29, 1.82) is 0 Å². The summed E-state index contributed by atoms with van der Waals surface area (Å²) in [7, 11) is 0. The molecule has 0 spiro atoms.